The molecule has 0 fully saturated rings. The number of aliphatic carboxylic acids is 1. The van der Waals surface area contributed by atoms with Gasteiger partial charge < -0.3 is 9.84 Å². The maximum atomic E-state index is 11.2. The summed E-state index contributed by atoms with van der Waals surface area (Å²) in [6, 6.07) is 2.30. The van der Waals surface area contributed by atoms with Gasteiger partial charge in [-0.1, -0.05) is 23.2 Å². The van der Waals surface area contributed by atoms with Gasteiger partial charge in [-0.2, -0.15) is 0 Å². The van der Waals surface area contributed by atoms with Crippen molar-refractivity contribution in [2.75, 3.05) is 6.61 Å². The summed E-state index contributed by atoms with van der Waals surface area (Å²) in [7, 11) is -3.89. The molecule has 6 nitrogen and oxygen atoms in total. The summed E-state index contributed by atoms with van der Waals surface area (Å²) < 4.78 is 27.7. The molecular weight excluding hydrogens is 329 g/mol. The highest BCUT2D eigenvalue weighted by atomic mass is 35.5. The maximum absolute atomic E-state index is 11.2. The second-order valence-corrected chi connectivity index (χ2v) is 6.34. The van der Waals surface area contributed by atoms with Gasteiger partial charge in [-0.25, -0.2) is 13.6 Å². The van der Waals surface area contributed by atoms with Crippen molar-refractivity contribution in [1.29, 1.82) is 0 Å². The summed E-state index contributed by atoms with van der Waals surface area (Å²) in [6.07, 6.45) is 1.02. The van der Waals surface area contributed by atoms with Crippen LogP contribution in [0.25, 0.3) is 0 Å². The van der Waals surface area contributed by atoms with E-state index in [1.165, 1.54) is 0 Å². The molecule has 0 aliphatic rings. The fourth-order valence-electron chi connectivity index (χ4n) is 1.39. The fourth-order valence-corrected chi connectivity index (χ4v) is 2.68. The first-order valence-corrected chi connectivity index (χ1v) is 7.88. The Morgan fingerprint density at radius 1 is 1.25 bits per heavy atom. The number of primary sulfonamides is 1. The zero-order valence-corrected chi connectivity index (χ0v) is 12.6. The lowest BCUT2D eigenvalue weighted by Crippen LogP contribution is -2.12. The highest BCUT2D eigenvalue weighted by Crippen LogP contribution is 2.35. The third-order valence-corrected chi connectivity index (χ3v) is 3.79. The minimum absolute atomic E-state index is 0.0276. The highest BCUT2D eigenvalue weighted by Gasteiger charge is 2.15. The van der Waals surface area contributed by atoms with Crippen LogP contribution in [0.15, 0.2) is 17.0 Å². The molecule has 20 heavy (non-hydrogen) atoms. The molecule has 0 spiro atoms. The van der Waals surface area contributed by atoms with Crippen molar-refractivity contribution in [3.05, 3.63) is 22.2 Å². The van der Waals surface area contributed by atoms with Crippen molar-refractivity contribution >= 4 is 39.2 Å². The number of benzene rings is 1. The molecule has 1 aromatic carbocycles. The zero-order valence-electron chi connectivity index (χ0n) is 10.3. The van der Waals surface area contributed by atoms with Crippen LogP contribution in [0, 0.1) is 0 Å². The van der Waals surface area contributed by atoms with Crippen molar-refractivity contribution in [3.8, 4) is 5.75 Å². The van der Waals surface area contributed by atoms with E-state index >= 15 is 0 Å². The van der Waals surface area contributed by atoms with Crippen LogP contribution in [0.3, 0.4) is 0 Å². The van der Waals surface area contributed by atoms with E-state index in [1.54, 1.807) is 0 Å². The van der Waals surface area contributed by atoms with E-state index in [4.69, 9.17) is 38.2 Å². The van der Waals surface area contributed by atoms with E-state index in [9.17, 15) is 13.2 Å². The average molecular weight is 342 g/mol. The van der Waals surface area contributed by atoms with Gasteiger partial charge in [0.25, 0.3) is 0 Å². The summed E-state index contributed by atoms with van der Waals surface area (Å²) in [4.78, 5) is 10.1. The lowest BCUT2D eigenvalue weighted by molar-refractivity contribution is -0.137. The Bertz CT molecular complexity index is 580. The maximum Gasteiger partial charge on any atom is 0.303 e. The Labute approximate surface area is 126 Å². The summed E-state index contributed by atoms with van der Waals surface area (Å²) in [5, 5.41) is 13.5. The van der Waals surface area contributed by atoms with Crippen LogP contribution in [-0.2, 0) is 14.8 Å². The minimum atomic E-state index is -3.89. The Balaban J connectivity index is 2.70. The van der Waals surface area contributed by atoms with E-state index in [0.717, 1.165) is 12.1 Å². The smallest absolute Gasteiger partial charge is 0.303 e. The largest absolute Gasteiger partial charge is 0.490 e. The van der Waals surface area contributed by atoms with E-state index in [-0.39, 0.29) is 33.7 Å². The topological polar surface area (TPSA) is 107 Å². The summed E-state index contributed by atoms with van der Waals surface area (Å²) in [5.74, 6) is -0.727. The molecule has 0 aromatic heterocycles. The third kappa shape index (κ3) is 5.16. The number of hydrogen-bond acceptors (Lipinski definition) is 4. The number of sulfonamides is 1. The molecule has 9 heteroatoms. The molecule has 0 amide bonds. The number of ether oxygens (including phenoxy) is 1. The predicted octanol–water partition coefficient (Wildman–Crippen LogP) is 2.27. The number of carboxylic acid groups (broad SMARTS) is 1. The first kappa shape index (κ1) is 17.0. The molecular formula is C11H13Cl2NO5S. The van der Waals surface area contributed by atoms with Gasteiger partial charge in [0, 0.05) is 6.42 Å². The second-order valence-electron chi connectivity index (χ2n) is 3.96. The monoisotopic (exact) mass is 341 g/mol. The Kier molecular flexibility index (Phi) is 6.07. The van der Waals surface area contributed by atoms with Gasteiger partial charge in [0.1, 0.15) is 0 Å². The average Bonchev–Trinajstić information content (AvgIpc) is 2.29. The number of halogens is 2. The Morgan fingerprint density at radius 3 is 2.25 bits per heavy atom. The molecule has 0 bridgehead atoms. The number of carbonyl (C=O) groups is 1. The van der Waals surface area contributed by atoms with Gasteiger partial charge in [-0.3, -0.25) is 4.79 Å². The van der Waals surface area contributed by atoms with Crippen LogP contribution < -0.4 is 9.88 Å². The molecule has 0 aliphatic heterocycles. The van der Waals surface area contributed by atoms with Gasteiger partial charge in [-0.05, 0) is 25.0 Å². The molecule has 1 aromatic rings. The number of carboxylic acids is 1. The SMILES string of the molecule is NS(=O)(=O)c1cc(Cl)c(OCCCCC(=O)O)c(Cl)c1. The number of rotatable bonds is 7. The van der Waals surface area contributed by atoms with E-state index in [1.807, 2.05) is 0 Å². The van der Waals surface area contributed by atoms with Crippen molar-refractivity contribution in [1.82, 2.24) is 0 Å². The molecule has 3 N–H and O–H groups in total. The van der Waals surface area contributed by atoms with Gasteiger partial charge in [0.05, 0.1) is 21.5 Å². The van der Waals surface area contributed by atoms with Crippen molar-refractivity contribution in [2.24, 2.45) is 5.14 Å². The van der Waals surface area contributed by atoms with Crippen LogP contribution in [0.4, 0.5) is 0 Å². The lowest BCUT2D eigenvalue weighted by atomic mass is 10.2. The molecule has 0 unspecified atom stereocenters. The van der Waals surface area contributed by atoms with Crippen LogP contribution in [0.5, 0.6) is 5.75 Å². The van der Waals surface area contributed by atoms with Crippen molar-refractivity contribution in [3.63, 3.8) is 0 Å². The van der Waals surface area contributed by atoms with E-state index < -0.39 is 16.0 Å². The molecule has 0 saturated heterocycles. The number of hydrogen-bond donors (Lipinski definition) is 2. The lowest BCUT2D eigenvalue weighted by Gasteiger charge is -2.11. The standard InChI is InChI=1S/C11H13Cl2NO5S/c12-8-5-7(20(14,17)18)6-9(13)11(8)19-4-2-1-3-10(15)16/h5-6H,1-4H2,(H,15,16)(H2,14,17,18). The zero-order chi connectivity index (χ0) is 15.3. The minimum Gasteiger partial charge on any atom is -0.490 e. The Morgan fingerprint density at radius 2 is 1.80 bits per heavy atom. The summed E-state index contributed by atoms with van der Waals surface area (Å²) in [6.45, 7) is 0.224. The van der Waals surface area contributed by atoms with Gasteiger partial charge in [-0.15, -0.1) is 0 Å². The fraction of sp³-hybridized carbons (Fsp3) is 0.364. The molecule has 0 atom stereocenters. The molecule has 0 saturated carbocycles. The Hall–Kier alpha value is -1.02. The molecule has 0 radical (unpaired) electrons. The first-order valence-electron chi connectivity index (χ1n) is 5.58. The quantitative estimate of drug-likeness (QED) is 0.739. The molecule has 112 valence electrons. The van der Waals surface area contributed by atoms with Gasteiger partial charge >= 0.3 is 5.97 Å². The van der Waals surface area contributed by atoms with E-state index in [2.05, 4.69) is 0 Å². The van der Waals surface area contributed by atoms with Crippen LogP contribution in [-0.4, -0.2) is 26.1 Å². The summed E-state index contributed by atoms with van der Waals surface area (Å²) in [5.41, 5.74) is 0. The predicted molar refractivity (Wildman–Crippen MR) is 74.8 cm³/mol. The number of nitrogens with two attached hydrogens (primary N) is 1. The van der Waals surface area contributed by atoms with Crippen LogP contribution >= 0.6 is 23.2 Å². The normalized spacial score (nSPS) is 11.3. The molecule has 1 rings (SSSR count). The van der Waals surface area contributed by atoms with Crippen molar-refractivity contribution in [2.45, 2.75) is 24.2 Å². The van der Waals surface area contributed by atoms with Crippen LogP contribution in [0.2, 0.25) is 10.0 Å². The van der Waals surface area contributed by atoms with E-state index in [0.29, 0.717) is 12.8 Å². The van der Waals surface area contributed by atoms with Crippen LogP contribution in [0.1, 0.15) is 19.3 Å². The van der Waals surface area contributed by atoms with Gasteiger partial charge in [0.15, 0.2) is 5.75 Å². The third-order valence-electron chi connectivity index (χ3n) is 2.33. The highest BCUT2D eigenvalue weighted by molar-refractivity contribution is 7.89. The molecule has 0 aliphatic carbocycles. The van der Waals surface area contributed by atoms with Crippen molar-refractivity contribution < 1.29 is 23.1 Å². The number of unbranched alkanes of at least 4 members (excludes halogenated alkanes) is 1. The second kappa shape index (κ2) is 7.12. The first-order chi connectivity index (χ1) is 9.21. The van der Waals surface area contributed by atoms with Gasteiger partial charge in [0.2, 0.25) is 10.0 Å². The molecule has 0 heterocycles. The summed E-state index contributed by atoms with van der Waals surface area (Å²) >= 11 is 11.8.